The van der Waals surface area contributed by atoms with E-state index in [0.29, 0.717) is 18.1 Å². The Balaban J connectivity index is 1.69. The molecular formula is C15H22N2O. The van der Waals surface area contributed by atoms with Gasteiger partial charge in [-0.1, -0.05) is 25.0 Å². The van der Waals surface area contributed by atoms with Gasteiger partial charge in [-0.3, -0.25) is 0 Å². The molecule has 1 aromatic carbocycles. The van der Waals surface area contributed by atoms with Crippen LogP contribution in [0.3, 0.4) is 0 Å². The summed E-state index contributed by atoms with van der Waals surface area (Å²) >= 11 is 0. The number of benzene rings is 1. The topological polar surface area (TPSA) is 33.3 Å². The summed E-state index contributed by atoms with van der Waals surface area (Å²) in [6.45, 7) is 1.04. The first-order chi connectivity index (χ1) is 8.86. The van der Waals surface area contributed by atoms with Gasteiger partial charge in [-0.15, -0.1) is 0 Å². The van der Waals surface area contributed by atoms with Gasteiger partial charge in [-0.2, -0.15) is 0 Å². The van der Waals surface area contributed by atoms with E-state index in [1.807, 2.05) is 12.1 Å². The Kier molecular flexibility index (Phi) is 3.52. The molecular weight excluding hydrogens is 224 g/mol. The molecule has 0 spiro atoms. The van der Waals surface area contributed by atoms with E-state index < -0.39 is 0 Å². The second-order valence-electron chi connectivity index (χ2n) is 5.40. The summed E-state index contributed by atoms with van der Waals surface area (Å²) < 4.78 is 5.21. The molecule has 0 amide bonds. The van der Waals surface area contributed by atoms with Crippen molar-refractivity contribution in [1.29, 1.82) is 0 Å². The van der Waals surface area contributed by atoms with Crippen LogP contribution in [-0.2, 0) is 0 Å². The summed E-state index contributed by atoms with van der Waals surface area (Å²) in [5.74, 6) is 0.929. The van der Waals surface area contributed by atoms with Gasteiger partial charge < -0.3 is 15.4 Å². The first-order valence-electron chi connectivity index (χ1n) is 7.00. The fourth-order valence-corrected chi connectivity index (χ4v) is 3.21. The van der Waals surface area contributed by atoms with Crippen molar-refractivity contribution in [3.63, 3.8) is 0 Å². The van der Waals surface area contributed by atoms with Crippen molar-refractivity contribution < 1.29 is 4.74 Å². The van der Waals surface area contributed by atoms with E-state index in [1.165, 1.54) is 31.2 Å². The number of ether oxygens (including phenoxy) is 1. The van der Waals surface area contributed by atoms with E-state index in [9.17, 15) is 0 Å². The molecule has 0 bridgehead atoms. The fourth-order valence-electron chi connectivity index (χ4n) is 3.21. The van der Waals surface area contributed by atoms with Crippen molar-refractivity contribution in [2.75, 3.05) is 13.7 Å². The van der Waals surface area contributed by atoms with Crippen LogP contribution >= 0.6 is 0 Å². The Bertz CT molecular complexity index is 390. The van der Waals surface area contributed by atoms with E-state index in [-0.39, 0.29) is 0 Å². The zero-order valence-corrected chi connectivity index (χ0v) is 11.0. The fraction of sp³-hybridized carbons (Fsp3) is 0.600. The SMILES string of the molecule is COc1ccc([C@H]2CN[C@H]3CCCC[C@@H]3N2)cc1. The van der Waals surface area contributed by atoms with Crippen molar-refractivity contribution >= 4 is 0 Å². The summed E-state index contributed by atoms with van der Waals surface area (Å²) in [6.07, 6.45) is 5.38. The van der Waals surface area contributed by atoms with Crippen molar-refractivity contribution in [1.82, 2.24) is 10.6 Å². The lowest BCUT2D eigenvalue weighted by Gasteiger charge is -2.41. The molecule has 2 fully saturated rings. The summed E-state index contributed by atoms with van der Waals surface area (Å²) in [5.41, 5.74) is 1.35. The number of methoxy groups -OCH3 is 1. The summed E-state index contributed by atoms with van der Waals surface area (Å²) in [5, 5.41) is 7.51. The number of fused-ring (bicyclic) bond motifs is 1. The number of nitrogens with one attached hydrogen (secondary N) is 2. The van der Waals surface area contributed by atoms with Gasteiger partial charge in [-0.05, 0) is 30.5 Å². The smallest absolute Gasteiger partial charge is 0.118 e. The monoisotopic (exact) mass is 246 g/mol. The molecule has 1 saturated carbocycles. The molecule has 1 heterocycles. The molecule has 0 aromatic heterocycles. The lowest BCUT2D eigenvalue weighted by Crippen LogP contribution is -2.58. The van der Waals surface area contributed by atoms with Crippen molar-refractivity contribution in [3.8, 4) is 5.75 Å². The quantitative estimate of drug-likeness (QED) is 0.839. The molecule has 2 N–H and O–H groups in total. The zero-order chi connectivity index (χ0) is 12.4. The Morgan fingerprint density at radius 3 is 2.50 bits per heavy atom. The maximum atomic E-state index is 5.21. The van der Waals surface area contributed by atoms with Gasteiger partial charge in [-0.25, -0.2) is 0 Å². The van der Waals surface area contributed by atoms with E-state index in [2.05, 4.69) is 22.8 Å². The third-order valence-corrected chi connectivity index (χ3v) is 4.28. The molecule has 3 nitrogen and oxygen atoms in total. The van der Waals surface area contributed by atoms with Crippen molar-refractivity contribution in [2.24, 2.45) is 0 Å². The first kappa shape index (κ1) is 12.0. The number of hydrogen-bond acceptors (Lipinski definition) is 3. The van der Waals surface area contributed by atoms with Crippen LogP contribution in [0.5, 0.6) is 5.75 Å². The molecule has 98 valence electrons. The second kappa shape index (κ2) is 5.29. The number of hydrogen-bond donors (Lipinski definition) is 2. The largest absolute Gasteiger partial charge is 0.497 e. The summed E-state index contributed by atoms with van der Waals surface area (Å²) in [4.78, 5) is 0. The Labute approximate surface area is 109 Å². The second-order valence-corrected chi connectivity index (χ2v) is 5.40. The highest BCUT2D eigenvalue weighted by atomic mass is 16.5. The predicted octanol–water partition coefficient (Wildman–Crippen LogP) is 2.24. The highest BCUT2D eigenvalue weighted by Gasteiger charge is 2.31. The van der Waals surface area contributed by atoms with Crippen LogP contribution in [-0.4, -0.2) is 25.7 Å². The summed E-state index contributed by atoms with van der Waals surface area (Å²) in [7, 11) is 1.71. The van der Waals surface area contributed by atoms with Gasteiger partial charge in [0.25, 0.3) is 0 Å². The van der Waals surface area contributed by atoms with Gasteiger partial charge >= 0.3 is 0 Å². The molecule has 1 aliphatic carbocycles. The molecule has 0 unspecified atom stereocenters. The normalized spacial score (nSPS) is 31.7. The Morgan fingerprint density at radius 2 is 1.78 bits per heavy atom. The summed E-state index contributed by atoms with van der Waals surface area (Å²) in [6, 6.07) is 10.2. The minimum atomic E-state index is 0.440. The zero-order valence-electron chi connectivity index (χ0n) is 11.0. The minimum Gasteiger partial charge on any atom is -0.497 e. The van der Waals surface area contributed by atoms with Crippen molar-refractivity contribution in [2.45, 2.75) is 43.8 Å². The number of rotatable bonds is 2. The highest BCUT2D eigenvalue weighted by molar-refractivity contribution is 5.29. The van der Waals surface area contributed by atoms with Crippen LogP contribution in [0.2, 0.25) is 0 Å². The van der Waals surface area contributed by atoms with Crippen LogP contribution in [0.25, 0.3) is 0 Å². The van der Waals surface area contributed by atoms with E-state index >= 15 is 0 Å². The lowest BCUT2D eigenvalue weighted by atomic mass is 9.87. The first-order valence-corrected chi connectivity index (χ1v) is 7.00. The maximum absolute atomic E-state index is 5.21. The van der Waals surface area contributed by atoms with Crippen LogP contribution in [0.1, 0.15) is 37.3 Å². The standard InChI is InChI=1S/C15H22N2O/c1-18-12-8-6-11(7-9-12)15-10-16-13-4-2-3-5-14(13)17-15/h6-9,13-17H,2-5,10H2,1H3/t13-,14-,15+/m0/s1. The van der Waals surface area contributed by atoms with Crippen LogP contribution < -0.4 is 15.4 Å². The molecule has 3 heteroatoms. The predicted molar refractivity (Wildman–Crippen MR) is 72.9 cm³/mol. The molecule has 0 radical (unpaired) electrons. The lowest BCUT2D eigenvalue weighted by molar-refractivity contribution is 0.213. The molecule has 1 aromatic rings. The third kappa shape index (κ3) is 2.38. The van der Waals surface area contributed by atoms with E-state index in [4.69, 9.17) is 4.74 Å². The van der Waals surface area contributed by atoms with Crippen LogP contribution in [0, 0.1) is 0 Å². The van der Waals surface area contributed by atoms with Crippen LogP contribution in [0.15, 0.2) is 24.3 Å². The third-order valence-electron chi connectivity index (χ3n) is 4.28. The average Bonchev–Trinajstić information content (AvgIpc) is 2.47. The van der Waals surface area contributed by atoms with Gasteiger partial charge in [0, 0.05) is 24.7 Å². The Hall–Kier alpha value is -1.06. The molecule has 3 rings (SSSR count). The average molecular weight is 246 g/mol. The minimum absolute atomic E-state index is 0.440. The number of piperazine rings is 1. The Morgan fingerprint density at radius 1 is 1.06 bits per heavy atom. The molecule has 1 aliphatic heterocycles. The van der Waals surface area contributed by atoms with Gasteiger partial charge in [0.15, 0.2) is 0 Å². The molecule has 2 aliphatic rings. The van der Waals surface area contributed by atoms with Gasteiger partial charge in [0.2, 0.25) is 0 Å². The van der Waals surface area contributed by atoms with Gasteiger partial charge in [0.05, 0.1) is 7.11 Å². The maximum Gasteiger partial charge on any atom is 0.118 e. The molecule has 1 saturated heterocycles. The highest BCUT2D eigenvalue weighted by Crippen LogP contribution is 2.26. The molecule has 18 heavy (non-hydrogen) atoms. The van der Waals surface area contributed by atoms with Crippen LogP contribution in [0.4, 0.5) is 0 Å². The van der Waals surface area contributed by atoms with E-state index in [0.717, 1.165) is 12.3 Å². The van der Waals surface area contributed by atoms with Crippen molar-refractivity contribution in [3.05, 3.63) is 29.8 Å². The van der Waals surface area contributed by atoms with Gasteiger partial charge in [0.1, 0.15) is 5.75 Å². The molecule has 3 atom stereocenters. The van der Waals surface area contributed by atoms with E-state index in [1.54, 1.807) is 7.11 Å².